The summed E-state index contributed by atoms with van der Waals surface area (Å²) < 4.78 is 10.9. The van der Waals surface area contributed by atoms with Gasteiger partial charge in [-0.05, 0) is 20.8 Å². The Morgan fingerprint density at radius 3 is 1.78 bits per heavy atom. The summed E-state index contributed by atoms with van der Waals surface area (Å²) in [6.07, 6.45) is 0.442. The third-order valence-corrected chi connectivity index (χ3v) is 2.85. The molecule has 0 spiro atoms. The Bertz CT molecular complexity index is 211. The molecule has 2 saturated heterocycles. The molecule has 0 saturated carbocycles. The van der Waals surface area contributed by atoms with Crippen LogP contribution in [-0.4, -0.2) is 73.0 Å². The minimum Gasteiger partial charge on any atom is -0.392 e. The second-order valence-corrected chi connectivity index (χ2v) is 5.15. The fourth-order valence-corrected chi connectivity index (χ4v) is 1.88. The molecule has 2 aliphatic rings. The molecule has 6 nitrogen and oxygen atoms in total. The number of nitrogens with zero attached hydrogens (tertiary/aromatic N) is 2. The molecule has 0 aromatic heterocycles. The molecule has 3 unspecified atom stereocenters. The van der Waals surface area contributed by atoms with Crippen LogP contribution in [0.25, 0.3) is 0 Å². The van der Waals surface area contributed by atoms with Crippen LogP contribution in [-0.2, 0) is 9.47 Å². The van der Waals surface area contributed by atoms with E-state index in [0.717, 1.165) is 33.2 Å². The quantitative estimate of drug-likeness (QED) is 0.722. The van der Waals surface area contributed by atoms with Crippen molar-refractivity contribution in [3.8, 4) is 0 Å². The Hall–Kier alpha value is -0.240. The zero-order chi connectivity index (χ0) is 13.5. The van der Waals surface area contributed by atoms with E-state index >= 15 is 0 Å². The van der Waals surface area contributed by atoms with Gasteiger partial charge in [-0.3, -0.25) is 9.80 Å². The largest absolute Gasteiger partial charge is 0.392 e. The van der Waals surface area contributed by atoms with Crippen LogP contribution in [0.4, 0.5) is 0 Å². The van der Waals surface area contributed by atoms with Crippen molar-refractivity contribution in [2.75, 3.05) is 39.8 Å². The average Bonchev–Trinajstić information content (AvgIpc) is 2.89. The molecule has 18 heavy (non-hydrogen) atoms. The molecule has 2 rings (SSSR count). The lowest BCUT2D eigenvalue weighted by Crippen LogP contribution is -2.35. The molecule has 2 fully saturated rings. The summed E-state index contributed by atoms with van der Waals surface area (Å²) >= 11 is 0. The Morgan fingerprint density at radius 1 is 1.17 bits per heavy atom. The molecule has 0 bridgehead atoms. The van der Waals surface area contributed by atoms with E-state index in [1.807, 2.05) is 0 Å². The van der Waals surface area contributed by atoms with Gasteiger partial charge in [-0.25, -0.2) is 0 Å². The number of rotatable bonds is 3. The predicted molar refractivity (Wildman–Crippen MR) is 69.8 cm³/mol. The van der Waals surface area contributed by atoms with E-state index in [-0.39, 0.29) is 6.10 Å². The number of ether oxygens (including phenoxy) is 2. The van der Waals surface area contributed by atoms with Crippen LogP contribution >= 0.6 is 0 Å². The summed E-state index contributed by atoms with van der Waals surface area (Å²) in [7, 11) is 0. The van der Waals surface area contributed by atoms with Gasteiger partial charge in [0.25, 0.3) is 0 Å². The summed E-state index contributed by atoms with van der Waals surface area (Å²) in [5.41, 5.74) is 4.92. The van der Waals surface area contributed by atoms with Crippen LogP contribution in [0.3, 0.4) is 0 Å². The summed E-state index contributed by atoms with van der Waals surface area (Å²) in [6.45, 7) is 10.9. The zero-order valence-electron chi connectivity index (χ0n) is 11.7. The normalized spacial score (nSPS) is 31.2. The Labute approximate surface area is 110 Å². The van der Waals surface area contributed by atoms with Gasteiger partial charge in [-0.1, -0.05) is 0 Å². The van der Waals surface area contributed by atoms with Crippen LogP contribution in [0.1, 0.15) is 20.8 Å². The smallest absolute Gasteiger partial charge is 0.101 e. The number of hydrogen-bond acceptors (Lipinski definition) is 6. The van der Waals surface area contributed by atoms with E-state index in [9.17, 15) is 0 Å². The first-order valence-electron chi connectivity index (χ1n) is 6.57. The highest BCUT2D eigenvalue weighted by Gasteiger charge is 2.25. The second-order valence-electron chi connectivity index (χ2n) is 5.15. The molecule has 2 heterocycles. The first-order valence-corrected chi connectivity index (χ1v) is 6.57. The molecule has 0 aliphatic carbocycles. The molecular formula is C12H27N3O3. The average molecular weight is 261 g/mol. The van der Waals surface area contributed by atoms with E-state index in [1.54, 1.807) is 6.92 Å². The van der Waals surface area contributed by atoms with E-state index in [0.29, 0.717) is 18.8 Å². The molecule has 0 aromatic rings. The van der Waals surface area contributed by atoms with Crippen molar-refractivity contribution in [3.05, 3.63) is 0 Å². The topological polar surface area (TPSA) is 71.2 Å². The van der Waals surface area contributed by atoms with Gasteiger partial charge in [0.05, 0.1) is 25.0 Å². The number of aliphatic hydroxyl groups excluding tert-OH is 1. The van der Waals surface area contributed by atoms with E-state index in [1.165, 1.54) is 0 Å². The molecule has 0 aromatic carbocycles. The first-order chi connectivity index (χ1) is 8.51. The lowest BCUT2D eigenvalue weighted by molar-refractivity contribution is 0.0551. The van der Waals surface area contributed by atoms with Crippen molar-refractivity contribution in [2.45, 2.75) is 39.1 Å². The maximum atomic E-state index is 8.24. The highest BCUT2D eigenvalue weighted by atomic mass is 16.5. The highest BCUT2D eigenvalue weighted by Crippen LogP contribution is 2.12. The van der Waals surface area contributed by atoms with Gasteiger partial charge in [-0.15, -0.1) is 0 Å². The maximum absolute atomic E-state index is 8.24. The van der Waals surface area contributed by atoms with Crippen LogP contribution in [0.15, 0.2) is 0 Å². The molecular weight excluding hydrogens is 234 g/mol. The van der Waals surface area contributed by atoms with Gasteiger partial charge in [-0.2, -0.15) is 0 Å². The summed E-state index contributed by atoms with van der Waals surface area (Å²) in [6, 6.07) is 0. The van der Waals surface area contributed by atoms with E-state index < -0.39 is 0 Å². The third kappa shape index (κ3) is 6.08. The number of aliphatic hydroxyl groups is 1. The van der Waals surface area contributed by atoms with Gasteiger partial charge < -0.3 is 20.3 Å². The third-order valence-electron chi connectivity index (χ3n) is 2.85. The van der Waals surface area contributed by atoms with Gasteiger partial charge in [0, 0.05) is 19.6 Å². The van der Waals surface area contributed by atoms with Crippen molar-refractivity contribution in [2.24, 2.45) is 5.73 Å². The molecule has 3 atom stereocenters. The van der Waals surface area contributed by atoms with Gasteiger partial charge in [0.15, 0.2) is 0 Å². The van der Waals surface area contributed by atoms with Crippen LogP contribution < -0.4 is 5.73 Å². The molecule has 6 heteroatoms. The van der Waals surface area contributed by atoms with Crippen molar-refractivity contribution in [1.82, 2.24) is 9.80 Å². The van der Waals surface area contributed by atoms with Gasteiger partial charge in [0.2, 0.25) is 0 Å². The van der Waals surface area contributed by atoms with Gasteiger partial charge in [0.1, 0.15) is 13.5 Å². The van der Waals surface area contributed by atoms with Crippen molar-refractivity contribution in [3.63, 3.8) is 0 Å². The SMILES string of the molecule is CC(O)CN.CC1CN(CN2COC(C)C2)CO1. The minimum atomic E-state index is -0.338. The molecule has 108 valence electrons. The van der Waals surface area contributed by atoms with Crippen LogP contribution in [0.2, 0.25) is 0 Å². The molecule has 3 N–H and O–H groups in total. The van der Waals surface area contributed by atoms with Gasteiger partial charge >= 0.3 is 0 Å². The lowest BCUT2D eigenvalue weighted by Gasteiger charge is -2.20. The van der Waals surface area contributed by atoms with Crippen LogP contribution in [0, 0.1) is 0 Å². The first kappa shape index (κ1) is 15.8. The number of hydrogen-bond donors (Lipinski definition) is 2. The Balaban J connectivity index is 0.000000280. The second kappa shape index (κ2) is 8.04. The number of nitrogens with two attached hydrogens (primary N) is 1. The van der Waals surface area contributed by atoms with E-state index in [2.05, 4.69) is 23.6 Å². The van der Waals surface area contributed by atoms with Crippen molar-refractivity contribution < 1.29 is 14.6 Å². The summed E-state index contributed by atoms with van der Waals surface area (Å²) in [5, 5.41) is 8.24. The Kier molecular flexibility index (Phi) is 7.06. The lowest BCUT2D eigenvalue weighted by atomic mass is 10.4. The summed E-state index contributed by atoms with van der Waals surface area (Å²) in [5.74, 6) is 0. The Morgan fingerprint density at radius 2 is 1.56 bits per heavy atom. The van der Waals surface area contributed by atoms with E-state index in [4.69, 9.17) is 20.3 Å². The highest BCUT2D eigenvalue weighted by molar-refractivity contribution is 4.70. The molecule has 0 amide bonds. The zero-order valence-corrected chi connectivity index (χ0v) is 11.7. The molecule has 2 aliphatic heterocycles. The standard InChI is InChI=1S/C9H18N2O2.C3H9NO/c1-8-3-10(6-12-8)5-11-4-9(2)13-7-11;1-3(5)2-4/h8-9H,3-7H2,1-2H3;3,5H,2,4H2,1H3. The van der Waals surface area contributed by atoms with Crippen LogP contribution in [0.5, 0.6) is 0 Å². The fourth-order valence-electron chi connectivity index (χ4n) is 1.88. The van der Waals surface area contributed by atoms with Crippen molar-refractivity contribution in [1.29, 1.82) is 0 Å². The predicted octanol–water partition coefficient (Wildman–Crippen LogP) is -0.374. The molecule has 0 radical (unpaired) electrons. The maximum Gasteiger partial charge on any atom is 0.101 e. The summed E-state index contributed by atoms with van der Waals surface area (Å²) in [4.78, 5) is 4.62. The minimum absolute atomic E-state index is 0.338. The monoisotopic (exact) mass is 261 g/mol. The fraction of sp³-hybridized carbons (Fsp3) is 1.00. The van der Waals surface area contributed by atoms with Crippen molar-refractivity contribution >= 4 is 0 Å².